The van der Waals surface area contributed by atoms with Gasteiger partial charge in [0.2, 0.25) is 0 Å². The van der Waals surface area contributed by atoms with Crippen LogP contribution in [0.2, 0.25) is 0 Å². The molecule has 0 spiro atoms. The van der Waals surface area contributed by atoms with Crippen molar-refractivity contribution in [2.24, 2.45) is 0 Å². The average Bonchev–Trinajstić information content (AvgIpc) is 2.91. The number of nitrogens with one attached hydrogen (secondary N) is 1. The molecule has 1 aromatic rings. The van der Waals surface area contributed by atoms with E-state index in [1.807, 2.05) is 29.2 Å². The summed E-state index contributed by atoms with van der Waals surface area (Å²) >= 11 is 3.40. The molecule has 3 nitrogen and oxygen atoms in total. The molecule has 1 amide bonds. The van der Waals surface area contributed by atoms with Crippen LogP contribution < -0.4 is 5.32 Å². The van der Waals surface area contributed by atoms with Gasteiger partial charge in [-0.3, -0.25) is 4.79 Å². The first-order valence-electron chi connectivity index (χ1n) is 6.99. The van der Waals surface area contributed by atoms with Crippen molar-refractivity contribution in [2.75, 3.05) is 19.6 Å². The number of benzene rings is 1. The van der Waals surface area contributed by atoms with E-state index >= 15 is 0 Å². The first-order valence-corrected chi connectivity index (χ1v) is 7.78. The van der Waals surface area contributed by atoms with E-state index in [4.69, 9.17) is 0 Å². The molecule has 1 heterocycles. The van der Waals surface area contributed by atoms with Crippen molar-refractivity contribution >= 4 is 21.8 Å². The molecule has 104 valence electrons. The Morgan fingerprint density at radius 3 is 2.74 bits per heavy atom. The summed E-state index contributed by atoms with van der Waals surface area (Å²) < 4.78 is 1.00. The van der Waals surface area contributed by atoms with Crippen molar-refractivity contribution in [2.45, 2.75) is 32.2 Å². The lowest BCUT2D eigenvalue weighted by Crippen LogP contribution is -2.41. The van der Waals surface area contributed by atoms with Gasteiger partial charge in [0.15, 0.2) is 0 Å². The van der Waals surface area contributed by atoms with Crippen molar-refractivity contribution < 1.29 is 4.79 Å². The predicted octanol–water partition coefficient (Wildman–Crippen LogP) is 3.05. The zero-order valence-electron chi connectivity index (χ0n) is 11.4. The van der Waals surface area contributed by atoms with Crippen LogP contribution in [0.3, 0.4) is 0 Å². The van der Waals surface area contributed by atoms with Crippen LogP contribution in [-0.2, 0) is 0 Å². The highest BCUT2D eigenvalue weighted by molar-refractivity contribution is 9.10. The summed E-state index contributed by atoms with van der Waals surface area (Å²) in [4.78, 5) is 14.5. The van der Waals surface area contributed by atoms with E-state index < -0.39 is 0 Å². The van der Waals surface area contributed by atoms with Gasteiger partial charge in [-0.05, 0) is 50.1 Å². The summed E-state index contributed by atoms with van der Waals surface area (Å²) in [6.07, 6.45) is 3.39. The smallest absolute Gasteiger partial charge is 0.253 e. The Kier molecular flexibility index (Phi) is 5.40. The molecule has 1 N–H and O–H groups in total. The maximum atomic E-state index is 12.5. The average molecular weight is 325 g/mol. The Morgan fingerprint density at radius 2 is 2.16 bits per heavy atom. The number of halogens is 1. The largest absolute Gasteiger partial charge is 0.337 e. The maximum Gasteiger partial charge on any atom is 0.253 e. The Morgan fingerprint density at radius 1 is 1.42 bits per heavy atom. The van der Waals surface area contributed by atoms with E-state index in [1.165, 1.54) is 12.8 Å². The summed E-state index contributed by atoms with van der Waals surface area (Å²) in [7, 11) is 0. The molecule has 19 heavy (non-hydrogen) atoms. The van der Waals surface area contributed by atoms with Crippen molar-refractivity contribution in [3.63, 3.8) is 0 Å². The van der Waals surface area contributed by atoms with Crippen LogP contribution in [0.4, 0.5) is 0 Å². The number of hydrogen-bond acceptors (Lipinski definition) is 2. The molecule has 0 aromatic heterocycles. The molecule has 0 saturated carbocycles. The van der Waals surface area contributed by atoms with Gasteiger partial charge in [-0.1, -0.05) is 22.9 Å². The second-order valence-electron chi connectivity index (χ2n) is 5.05. The summed E-state index contributed by atoms with van der Waals surface area (Å²) in [5, 5.41) is 3.46. The van der Waals surface area contributed by atoms with Crippen molar-refractivity contribution in [1.82, 2.24) is 10.2 Å². The molecule has 1 aromatic carbocycles. The van der Waals surface area contributed by atoms with E-state index in [0.29, 0.717) is 6.04 Å². The van der Waals surface area contributed by atoms with Gasteiger partial charge in [0.05, 0.1) is 0 Å². The summed E-state index contributed by atoms with van der Waals surface area (Å²) in [5.74, 6) is 0.142. The fourth-order valence-electron chi connectivity index (χ4n) is 2.50. The number of carbonyl (C=O) groups excluding carboxylic acids is 1. The fraction of sp³-hybridized carbons (Fsp3) is 0.533. The first kappa shape index (κ1) is 14.5. The van der Waals surface area contributed by atoms with Crippen molar-refractivity contribution in [1.29, 1.82) is 0 Å². The molecule has 1 aliphatic rings. The van der Waals surface area contributed by atoms with Crippen LogP contribution in [-0.4, -0.2) is 36.5 Å². The lowest BCUT2D eigenvalue weighted by molar-refractivity contribution is 0.0742. The summed E-state index contributed by atoms with van der Waals surface area (Å²) in [6.45, 7) is 4.84. The SMILES string of the molecule is CCCN(CC1CCCN1)C(=O)c1ccc(Br)cc1. The third kappa shape index (κ3) is 4.05. The van der Waals surface area contributed by atoms with Crippen LogP contribution in [0.5, 0.6) is 0 Å². The molecule has 1 atom stereocenters. The third-order valence-electron chi connectivity index (χ3n) is 3.48. The van der Waals surface area contributed by atoms with E-state index in [2.05, 4.69) is 28.2 Å². The lowest BCUT2D eigenvalue weighted by Gasteiger charge is -2.25. The zero-order chi connectivity index (χ0) is 13.7. The highest BCUT2D eigenvalue weighted by atomic mass is 79.9. The number of amides is 1. The van der Waals surface area contributed by atoms with Crippen LogP contribution in [0.15, 0.2) is 28.7 Å². The second-order valence-corrected chi connectivity index (χ2v) is 5.97. The lowest BCUT2D eigenvalue weighted by atomic mass is 10.1. The molecular formula is C15H21BrN2O. The van der Waals surface area contributed by atoms with Gasteiger partial charge >= 0.3 is 0 Å². The van der Waals surface area contributed by atoms with Gasteiger partial charge in [0.1, 0.15) is 0 Å². The number of carbonyl (C=O) groups is 1. The van der Waals surface area contributed by atoms with Gasteiger partial charge < -0.3 is 10.2 Å². The third-order valence-corrected chi connectivity index (χ3v) is 4.00. The van der Waals surface area contributed by atoms with Crippen LogP contribution in [0, 0.1) is 0 Å². The molecular weight excluding hydrogens is 304 g/mol. The molecule has 0 aliphatic carbocycles. The maximum absolute atomic E-state index is 12.5. The van der Waals surface area contributed by atoms with Gasteiger partial charge in [0, 0.05) is 29.2 Å². The van der Waals surface area contributed by atoms with E-state index in [0.717, 1.165) is 36.1 Å². The predicted molar refractivity (Wildman–Crippen MR) is 81.4 cm³/mol. The topological polar surface area (TPSA) is 32.3 Å². The summed E-state index contributed by atoms with van der Waals surface area (Å²) in [5.41, 5.74) is 0.773. The molecule has 1 saturated heterocycles. The Bertz CT molecular complexity index is 413. The number of nitrogens with zero attached hydrogens (tertiary/aromatic N) is 1. The van der Waals surface area contributed by atoms with E-state index in [-0.39, 0.29) is 5.91 Å². The normalized spacial score (nSPS) is 18.5. The van der Waals surface area contributed by atoms with Gasteiger partial charge in [0.25, 0.3) is 5.91 Å². The Hall–Kier alpha value is -0.870. The second kappa shape index (κ2) is 7.06. The fourth-order valence-corrected chi connectivity index (χ4v) is 2.76. The van der Waals surface area contributed by atoms with Gasteiger partial charge in [-0.15, -0.1) is 0 Å². The van der Waals surface area contributed by atoms with Crippen LogP contribution in [0.25, 0.3) is 0 Å². The minimum atomic E-state index is 0.142. The molecule has 1 fully saturated rings. The molecule has 1 unspecified atom stereocenters. The highest BCUT2D eigenvalue weighted by Gasteiger charge is 2.21. The molecule has 0 radical (unpaired) electrons. The minimum absolute atomic E-state index is 0.142. The molecule has 1 aliphatic heterocycles. The van der Waals surface area contributed by atoms with Crippen LogP contribution in [0.1, 0.15) is 36.5 Å². The quantitative estimate of drug-likeness (QED) is 0.902. The zero-order valence-corrected chi connectivity index (χ0v) is 12.9. The Balaban J connectivity index is 2.04. The van der Waals surface area contributed by atoms with E-state index in [9.17, 15) is 4.79 Å². The Labute approximate surface area is 123 Å². The van der Waals surface area contributed by atoms with Crippen molar-refractivity contribution in [3.8, 4) is 0 Å². The minimum Gasteiger partial charge on any atom is -0.337 e. The standard InChI is InChI=1S/C15H21BrN2O/c1-2-10-18(11-14-4-3-9-17-14)15(19)12-5-7-13(16)8-6-12/h5-8,14,17H,2-4,9-11H2,1H3. The van der Waals surface area contributed by atoms with E-state index in [1.54, 1.807) is 0 Å². The number of hydrogen-bond donors (Lipinski definition) is 1. The highest BCUT2D eigenvalue weighted by Crippen LogP contribution is 2.14. The van der Waals surface area contributed by atoms with Crippen molar-refractivity contribution in [3.05, 3.63) is 34.3 Å². The molecule has 4 heteroatoms. The molecule has 0 bridgehead atoms. The summed E-state index contributed by atoms with van der Waals surface area (Å²) in [6, 6.07) is 8.08. The number of rotatable bonds is 5. The van der Waals surface area contributed by atoms with Crippen LogP contribution >= 0.6 is 15.9 Å². The monoisotopic (exact) mass is 324 g/mol. The van der Waals surface area contributed by atoms with Gasteiger partial charge in [-0.2, -0.15) is 0 Å². The van der Waals surface area contributed by atoms with Gasteiger partial charge in [-0.25, -0.2) is 0 Å². The molecule has 2 rings (SSSR count). The first-order chi connectivity index (χ1) is 9.20.